The van der Waals surface area contributed by atoms with Crippen molar-refractivity contribution in [3.63, 3.8) is 0 Å². The normalized spacial score (nSPS) is 21.2. The first-order valence-corrected chi connectivity index (χ1v) is 5.89. The number of nitrogens with one attached hydrogen (secondary N) is 1. The molecule has 0 amide bonds. The highest BCUT2D eigenvalue weighted by Crippen LogP contribution is 2.14. The van der Waals surface area contributed by atoms with Gasteiger partial charge in [0, 0.05) is 39.4 Å². The summed E-state index contributed by atoms with van der Waals surface area (Å²) in [5.41, 5.74) is 1.17. The van der Waals surface area contributed by atoms with Gasteiger partial charge in [0.2, 0.25) is 0 Å². The van der Waals surface area contributed by atoms with E-state index in [1.807, 2.05) is 12.3 Å². The fourth-order valence-electron chi connectivity index (χ4n) is 1.94. The minimum absolute atomic E-state index is 0.0802. The molecule has 0 spiro atoms. The Morgan fingerprint density at radius 2 is 2.47 bits per heavy atom. The molecular weight excluding hydrogens is 218 g/mol. The third kappa shape index (κ3) is 3.66. The van der Waals surface area contributed by atoms with Gasteiger partial charge in [0.05, 0.1) is 11.9 Å². The molecular formula is C12H19N3O2. The topological polar surface area (TPSA) is 46.6 Å². The maximum atomic E-state index is 5.52. The predicted octanol–water partition coefficient (Wildman–Crippen LogP) is 0.828. The highest BCUT2D eigenvalue weighted by molar-refractivity contribution is 5.43. The van der Waals surface area contributed by atoms with Gasteiger partial charge in [-0.15, -0.1) is 0 Å². The molecule has 0 aromatic carbocycles. The lowest BCUT2D eigenvalue weighted by molar-refractivity contribution is -0.0828. The smallest absolute Gasteiger partial charge is 0.148 e. The molecule has 2 rings (SSSR count). The summed E-state index contributed by atoms with van der Waals surface area (Å²) in [5.74, 6) is 0. The van der Waals surface area contributed by atoms with E-state index in [2.05, 4.69) is 21.3 Å². The van der Waals surface area contributed by atoms with E-state index in [9.17, 15) is 0 Å². The van der Waals surface area contributed by atoms with Crippen LogP contribution in [0.15, 0.2) is 24.5 Å². The van der Waals surface area contributed by atoms with Crippen molar-refractivity contribution in [2.24, 2.45) is 0 Å². The van der Waals surface area contributed by atoms with Crippen LogP contribution >= 0.6 is 0 Å². The lowest BCUT2D eigenvalue weighted by atomic mass is 10.3. The number of ether oxygens (including phenoxy) is 2. The van der Waals surface area contributed by atoms with Crippen molar-refractivity contribution < 1.29 is 9.47 Å². The minimum Gasteiger partial charge on any atom is -0.369 e. The molecule has 1 fully saturated rings. The van der Waals surface area contributed by atoms with Crippen molar-refractivity contribution in [1.82, 2.24) is 10.3 Å². The Bertz CT molecular complexity index is 321. The van der Waals surface area contributed by atoms with Crippen LogP contribution in [-0.2, 0) is 9.47 Å². The summed E-state index contributed by atoms with van der Waals surface area (Å²) in [6, 6.07) is 4.05. The van der Waals surface area contributed by atoms with E-state index in [-0.39, 0.29) is 6.23 Å². The molecule has 0 aliphatic carbocycles. The number of aromatic nitrogens is 1. The molecule has 0 bridgehead atoms. The number of nitrogens with zero attached hydrogens (tertiary/aromatic N) is 2. The van der Waals surface area contributed by atoms with Gasteiger partial charge in [0.25, 0.3) is 0 Å². The summed E-state index contributed by atoms with van der Waals surface area (Å²) in [7, 11) is 1.64. The molecule has 5 heteroatoms. The highest BCUT2D eigenvalue weighted by Gasteiger charge is 2.16. The minimum atomic E-state index is 0.0802. The van der Waals surface area contributed by atoms with Crippen LogP contribution < -0.4 is 10.2 Å². The summed E-state index contributed by atoms with van der Waals surface area (Å²) < 4.78 is 10.4. The number of anilines is 1. The second-order valence-electron chi connectivity index (χ2n) is 4.00. The van der Waals surface area contributed by atoms with Crippen molar-refractivity contribution in [3.05, 3.63) is 24.5 Å². The lowest BCUT2D eigenvalue weighted by Crippen LogP contribution is -2.33. The zero-order chi connectivity index (χ0) is 11.9. The molecule has 2 heterocycles. The van der Waals surface area contributed by atoms with Gasteiger partial charge < -0.3 is 14.4 Å². The third-order valence-corrected chi connectivity index (χ3v) is 2.81. The molecule has 1 N–H and O–H groups in total. The van der Waals surface area contributed by atoms with Crippen LogP contribution in [0.1, 0.15) is 6.42 Å². The summed E-state index contributed by atoms with van der Waals surface area (Å²) in [6.07, 6.45) is 4.72. The van der Waals surface area contributed by atoms with Gasteiger partial charge in [0.1, 0.15) is 13.0 Å². The van der Waals surface area contributed by atoms with Crippen LogP contribution in [0, 0.1) is 0 Å². The molecule has 0 radical (unpaired) electrons. The molecule has 1 aliphatic rings. The average molecular weight is 237 g/mol. The van der Waals surface area contributed by atoms with E-state index in [1.54, 1.807) is 13.3 Å². The van der Waals surface area contributed by atoms with Crippen molar-refractivity contribution in [3.8, 4) is 0 Å². The Balaban J connectivity index is 1.87. The summed E-state index contributed by atoms with van der Waals surface area (Å²) in [4.78, 5) is 6.46. The fraction of sp³-hybridized carbons (Fsp3) is 0.583. The molecule has 1 unspecified atom stereocenters. The number of rotatable bonds is 4. The first-order valence-electron chi connectivity index (χ1n) is 5.89. The number of methoxy groups -OCH3 is 1. The van der Waals surface area contributed by atoms with Gasteiger partial charge in [-0.05, 0) is 12.1 Å². The van der Waals surface area contributed by atoms with E-state index >= 15 is 0 Å². The molecule has 5 nitrogen and oxygen atoms in total. The van der Waals surface area contributed by atoms with Crippen LogP contribution in [0.4, 0.5) is 5.69 Å². The number of hydrogen-bond acceptors (Lipinski definition) is 5. The van der Waals surface area contributed by atoms with Crippen LogP contribution in [-0.4, -0.2) is 44.7 Å². The summed E-state index contributed by atoms with van der Waals surface area (Å²) in [5, 5.41) is 3.35. The molecule has 1 aliphatic heterocycles. The van der Waals surface area contributed by atoms with Crippen LogP contribution in [0.5, 0.6) is 0 Å². The van der Waals surface area contributed by atoms with E-state index in [0.717, 1.165) is 26.1 Å². The van der Waals surface area contributed by atoms with E-state index in [0.29, 0.717) is 6.79 Å². The fourth-order valence-corrected chi connectivity index (χ4v) is 1.94. The van der Waals surface area contributed by atoms with Gasteiger partial charge >= 0.3 is 0 Å². The molecule has 94 valence electrons. The van der Waals surface area contributed by atoms with Crippen LogP contribution in [0.2, 0.25) is 0 Å². The predicted molar refractivity (Wildman–Crippen MR) is 65.8 cm³/mol. The SMILES string of the molecule is COCOC1CCN(c2cccnc2)CCN1. The molecule has 1 saturated heterocycles. The first-order chi connectivity index (χ1) is 8.40. The molecule has 1 atom stereocenters. The Kier molecular flexibility index (Phi) is 4.73. The van der Waals surface area contributed by atoms with Crippen molar-refractivity contribution >= 4 is 5.69 Å². The van der Waals surface area contributed by atoms with E-state index in [4.69, 9.17) is 9.47 Å². The van der Waals surface area contributed by atoms with Crippen molar-refractivity contribution in [1.29, 1.82) is 0 Å². The Hall–Kier alpha value is -1.17. The number of hydrogen-bond donors (Lipinski definition) is 1. The molecule has 17 heavy (non-hydrogen) atoms. The zero-order valence-electron chi connectivity index (χ0n) is 10.1. The summed E-state index contributed by atoms with van der Waals surface area (Å²) in [6.45, 7) is 3.18. The quantitative estimate of drug-likeness (QED) is 0.786. The second-order valence-corrected chi connectivity index (χ2v) is 4.00. The average Bonchev–Trinajstić information content (AvgIpc) is 2.63. The van der Waals surface area contributed by atoms with Crippen LogP contribution in [0.3, 0.4) is 0 Å². The number of pyridine rings is 1. The van der Waals surface area contributed by atoms with Crippen molar-refractivity contribution in [2.45, 2.75) is 12.6 Å². The highest BCUT2D eigenvalue weighted by atomic mass is 16.7. The first kappa shape index (κ1) is 12.3. The van der Waals surface area contributed by atoms with Crippen LogP contribution in [0.25, 0.3) is 0 Å². The largest absolute Gasteiger partial charge is 0.369 e. The Labute approximate surface area is 102 Å². The Morgan fingerprint density at radius 3 is 3.24 bits per heavy atom. The van der Waals surface area contributed by atoms with E-state index in [1.165, 1.54) is 5.69 Å². The maximum Gasteiger partial charge on any atom is 0.148 e. The molecule has 1 aromatic heterocycles. The standard InChI is InChI=1S/C12H19N3O2/c1-16-10-17-12-4-7-15(8-6-14-12)11-3-2-5-13-9-11/h2-3,5,9,12,14H,4,6-8,10H2,1H3. The van der Waals surface area contributed by atoms with Gasteiger partial charge in [-0.3, -0.25) is 10.3 Å². The second kappa shape index (κ2) is 6.54. The third-order valence-electron chi connectivity index (χ3n) is 2.81. The van der Waals surface area contributed by atoms with Gasteiger partial charge in [-0.1, -0.05) is 0 Å². The van der Waals surface area contributed by atoms with E-state index < -0.39 is 0 Å². The van der Waals surface area contributed by atoms with Gasteiger partial charge in [-0.25, -0.2) is 0 Å². The van der Waals surface area contributed by atoms with Gasteiger partial charge in [0.15, 0.2) is 0 Å². The maximum absolute atomic E-state index is 5.52. The Morgan fingerprint density at radius 1 is 1.53 bits per heavy atom. The van der Waals surface area contributed by atoms with Gasteiger partial charge in [-0.2, -0.15) is 0 Å². The molecule has 0 saturated carbocycles. The zero-order valence-corrected chi connectivity index (χ0v) is 10.1. The lowest BCUT2D eigenvalue weighted by Gasteiger charge is -2.21. The van der Waals surface area contributed by atoms with Crippen molar-refractivity contribution in [2.75, 3.05) is 38.4 Å². The molecule has 1 aromatic rings. The summed E-state index contributed by atoms with van der Waals surface area (Å²) >= 11 is 0. The monoisotopic (exact) mass is 237 g/mol.